The normalized spacial score (nSPS) is 10.7. The molecule has 0 heterocycles. The average molecular weight is 395 g/mol. The van der Waals surface area contributed by atoms with Gasteiger partial charge in [0.05, 0.1) is 26.9 Å². The number of rotatable bonds is 6. The van der Waals surface area contributed by atoms with Crippen molar-refractivity contribution in [1.29, 1.82) is 0 Å². The Labute approximate surface area is 147 Å². The van der Waals surface area contributed by atoms with Gasteiger partial charge in [-0.3, -0.25) is 4.79 Å². The Morgan fingerprint density at radius 1 is 1.25 bits per heavy atom. The second-order valence-corrected chi connectivity index (χ2v) is 5.74. The first-order chi connectivity index (χ1) is 11.5. The Morgan fingerprint density at radius 3 is 2.58 bits per heavy atom. The van der Waals surface area contributed by atoms with Crippen molar-refractivity contribution in [3.63, 3.8) is 0 Å². The molecule has 0 saturated carbocycles. The molecule has 0 unspecified atom stereocenters. The fourth-order valence-electron chi connectivity index (χ4n) is 2.06. The van der Waals surface area contributed by atoms with E-state index in [0.29, 0.717) is 22.6 Å². The van der Waals surface area contributed by atoms with Crippen LogP contribution in [0.15, 0.2) is 46.0 Å². The Bertz CT molecular complexity index is 748. The highest BCUT2D eigenvalue weighted by Crippen LogP contribution is 2.33. The van der Waals surface area contributed by atoms with Gasteiger partial charge in [-0.25, -0.2) is 9.82 Å². The number of ether oxygens (including phenoxy) is 2. The summed E-state index contributed by atoms with van der Waals surface area (Å²) in [6.07, 6.45) is 1.57. The van der Waals surface area contributed by atoms with E-state index in [1.165, 1.54) is 32.6 Å². The van der Waals surface area contributed by atoms with Crippen LogP contribution in [-0.2, 0) is 11.2 Å². The maximum atomic E-state index is 12.8. The zero-order valence-corrected chi connectivity index (χ0v) is 14.8. The Hall–Kier alpha value is -2.41. The highest BCUT2D eigenvalue weighted by atomic mass is 79.9. The third-order valence-corrected chi connectivity index (χ3v) is 3.60. The lowest BCUT2D eigenvalue weighted by Crippen LogP contribution is -2.19. The minimum absolute atomic E-state index is 0.108. The second-order valence-electron chi connectivity index (χ2n) is 4.83. The Kier molecular flexibility index (Phi) is 6.31. The van der Waals surface area contributed by atoms with Gasteiger partial charge in [0, 0.05) is 10.0 Å². The van der Waals surface area contributed by atoms with Crippen LogP contribution >= 0.6 is 15.9 Å². The van der Waals surface area contributed by atoms with E-state index < -0.39 is 0 Å². The van der Waals surface area contributed by atoms with Gasteiger partial charge < -0.3 is 9.47 Å². The van der Waals surface area contributed by atoms with Crippen molar-refractivity contribution in [3.05, 3.63) is 57.8 Å². The summed E-state index contributed by atoms with van der Waals surface area (Å²) < 4.78 is 24.2. The largest absolute Gasteiger partial charge is 0.493 e. The average Bonchev–Trinajstić information content (AvgIpc) is 2.56. The number of hydrogen-bond donors (Lipinski definition) is 1. The molecule has 0 spiro atoms. The van der Waals surface area contributed by atoms with Crippen LogP contribution in [0.5, 0.6) is 11.5 Å². The van der Waals surface area contributed by atoms with Crippen molar-refractivity contribution in [2.75, 3.05) is 14.2 Å². The van der Waals surface area contributed by atoms with E-state index in [1.807, 2.05) is 0 Å². The predicted octanol–water partition coefficient (Wildman–Crippen LogP) is 3.30. The molecule has 0 radical (unpaired) electrons. The van der Waals surface area contributed by atoms with Gasteiger partial charge in [0.15, 0.2) is 11.5 Å². The molecule has 0 bridgehead atoms. The number of carbonyl (C=O) groups is 1. The number of halogens is 2. The lowest BCUT2D eigenvalue weighted by Gasteiger charge is -2.10. The summed E-state index contributed by atoms with van der Waals surface area (Å²) in [6.45, 7) is 0. The van der Waals surface area contributed by atoms with Crippen LogP contribution in [0.2, 0.25) is 0 Å². The topological polar surface area (TPSA) is 59.9 Å². The molecule has 0 saturated heterocycles. The molecule has 126 valence electrons. The first-order valence-electron chi connectivity index (χ1n) is 7.01. The number of carbonyl (C=O) groups excluding carboxylic acids is 1. The fraction of sp³-hybridized carbons (Fsp3) is 0.176. The number of hydrogen-bond acceptors (Lipinski definition) is 4. The number of methoxy groups -OCH3 is 2. The van der Waals surface area contributed by atoms with Crippen molar-refractivity contribution in [3.8, 4) is 11.5 Å². The summed E-state index contributed by atoms with van der Waals surface area (Å²) in [7, 11) is 3.06. The fourth-order valence-corrected chi connectivity index (χ4v) is 2.51. The zero-order valence-electron chi connectivity index (χ0n) is 13.2. The zero-order chi connectivity index (χ0) is 17.5. The molecule has 0 aliphatic rings. The van der Waals surface area contributed by atoms with Crippen LogP contribution < -0.4 is 14.9 Å². The summed E-state index contributed by atoms with van der Waals surface area (Å²) in [6, 6.07) is 9.29. The van der Waals surface area contributed by atoms with Gasteiger partial charge in [0.25, 0.3) is 0 Å². The van der Waals surface area contributed by atoms with Gasteiger partial charge >= 0.3 is 0 Å². The molecular formula is C17H16BrFN2O3. The molecule has 24 heavy (non-hydrogen) atoms. The highest BCUT2D eigenvalue weighted by molar-refractivity contribution is 9.10. The van der Waals surface area contributed by atoms with E-state index in [9.17, 15) is 9.18 Å². The smallest absolute Gasteiger partial charge is 0.244 e. The van der Waals surface area contributed by atoms with E-state index >= 15 is 0 Å². The maximum Gasteiger partial charge on any atom is 0.244 e. The molecule has 2 rings (SSSR count). The minimum atomic E-state index is -0.340. The first-order valence-corrected chi connectivity index (χ1v) is 7.80. The van der Waals surface area contributed by atoms with Crippen LogP contribution in [0.4, 0.5) is 4.39 Å². The lowest BCUT2D eigenvalue weighted by atomic mass is 10.1. The Balaban J connectivity index is 2.04. The lowest BCUT2D eigenvalue weighted by molar-refractivity contribution is -0.120. The van der Waals surface area contributed by atoms with E-state index in [1.54, 1.807) is 24.3 Å². The summed E-state index contributed by atoms with van der Waals surface area (Å²) in [5.74, 6) is 0.412. The van der Waals surface area contributed by atoms with Crippen LogP contribution in [0.3, 0.4) is 0 Å². The molecule has 0 aliphatic heterocycles. The molecular weight excluding hydrogens is 379 g/mol. The molecule has 1 amide bonds. The van der Waals surface area contributed by atoms with E-state index in [-0.39, 0.29) is 18.1 Å². The molecule has 2 aromatic rings. The summed E-state index contributed by atoms with van der Waals surface area (Å²) in [4.78, 5) is 11.8. The van der Waals surface area contributed by atoms with Crippen molar-refractivity contribution in [2.24, 2.45) is 5.10 Å². The van der Waals surface area contributed by atoms with Crippen LogP contribution in [0.1, 0.15) is 11.1 Å². The molecule has 1 N–H and O–H groups in total. The SMILES string of the molecule is COc1cc(Br)cc(/C=N/NC(=O)Cc2ccc(F)cc2)c1OC. The van der Waals surface area contributed by atoms with E-state index in [4.69, 9.17) is 9.47 Å². The summed E-state index contributed by atoms with van der Waals surface area (Å²) >= 11 is 3.37. The monoisotopic (exact) mass is 394 g/mol. The third-order valence-electron chi connectivity index (χ3n) is 3.14. The summed E-state index contributed by atoms with van der Waals surface area (Å²) in [5.41, 5.74) is 3.77. The number of amides is 1. The van der Waals surface area contributed by atoms with Gasteiger partial charge in [0.1, 0.15) is 5.82 Å². The number of nitrogens with zero attached hydrogens (tertiary/aromatic N) is 1. The van der Waals surface area contributed by atoms with E-state index in [0.717, 1.165) is 4.47 Å². The van der Waals surface area contributed by atoms with Crippen LogP contribution in [0.25, 0.3) is 0 Å². The summed E-state index contributed by atoms with van der Waals surface area (Å²) in [5, 5.41) is 3.93. The quantitative estimate of drug-likeness (QED) is 0.603. The molecule has 7 heteroatoms. The van der Waals surface area contributed by atoms with Gasteiger partial charge in [-0.1, -0.05) is 28.1 Å². The molecule has 0 fully saturated rings. The first kappa shape index (κ1) is 17.9. The minimum Gasteiger partial charge on any atom is -0.493 e. The Morgan fingerprint density at radius 2 is 1.96 bits per heavy atom. The molecule has 5 nitrogen and oxygen atoms in total. The molecule has 0 aromatic heterocycles. The van der Waals surface area contributed by atoms with Crippen molar-refractivity contribution >= 4 is 28.1 Å². The van der Waals surface area contributed by atoms with E-state index in [2.05, 4.69) is 26.5 Å². The molecule has 2 aromatic carbocycles. The second kappa shape index (κ2) is 8.44. The predicted molar refractivity (Wildman–Crippen MR) is 93.1 cm³/mol. The van der Waals surface area contributed by atoms with Crippen molar-refractivity contribution in [2.45, 2.75) is 6.42 Å². The molecule has 0 aliphatic carbocycles. The van der Waals surface area contributed by atoms with Crippen molar-refractivity contribution < 1.29 is 18.7 Å². The van der Waals surface area contributed by atoms with Crippen molar-refractivity contribution in [1.82, 2.24) is 5.43 Å². The van der Waals surface area contributed by atoms with Crippen LogP contribution in [0, 0.1) is 5.82 Å². The highest BCUT2D eigenvalue weighted by Gasteiger charge is 2.10. The third kappa shape index (κ3) is 4.79. The number of hydrazone groups is 1. The van der Waals surface area contributed by atoms with Gasteiger partial charge in [0.2, 0.25) is 5.91 Å². The number of benzene rings is 2. The van der Waals surface area contributed by atoms with Gasteiger partial charge in [-0.2, -0.15) is 5.10 Å². The maximum absolute atomic E-state index is 12.8. The standard InChI is InChI=1S/C17H16BrFN2O3/c1-23-15-9-13(18)8-12(17(15)24-2)10-20-21-16(22)7-11-3-5-14(19)6-4-11/h3-6,8-10H,7H2,1-2H3,(H,21,22)/b20-10+. The number of nitrogens with one attached hydrogen (secondary N) is 1. The van der Waals surface area contributed by atoms with Gasteiger partial charge in [-0.15, -0.1) is 0 Å². The van der Waals surface area contributed by atoms with Gasteiger partial charge in [-0.05, 0) is 29.8 Å². The van der Waals surface area contributed by atoms with Crippen LogP contribution in [-0.4, -0.2) is 26.3 Å². The molecule has 0 atom stereocenters.